The van der Waals surface area contributed by atoms with E-state index in [1.54, 1.807) is 0 Å². The number of piperidine rings is 1. The number of aromatic nitrogens is 1. The van der Waals surface area contributed by atoms with Gasteiger partial charge in [0, 0.05) is 55.1 Å². The number of likely N-dealkylation sites (tertiary alicyclic amines) is 1. The number of urea groups is 1. The molecule has 1 N–H and O–H groups in total. The molecule has 0 bridgehead atoms. The van der Waals surface area contributed by atoms with Crippen LogP contribution in [0.25, 0.3) is 0 Å². The van der Waals surface area contributed by atoms with Gasteiger partial charge in [-0.3, -0.25) is 4.90 Å². The molecule has 1 aromatic heterocycles. The molecule has 5 nitrogen and oxygen atoms in total. The molecule has 1 saturated heterocycles. The highest BCUT2D eigenvalue weighted by Crippen LogP contribution is 2.35. The minimum absolute atomic E-state index is 0.0220. The van der Waals surface area contributed by atoms with Gasteiger partial charge in [-0.1, -0.05) is 24.6 Å². The summed E-state index contributed by atoms with van der Waals surface area (Å²) in [6.45, 7) is 6.03. The van der Waals surface area contributed by atoms with Crippen molar-refractivity contribution in [2.45, 2.75) is 63.8 Å². The summed E-state index contributed by atoms with van der Waals surface area (Å²) < 4.78 is 0. The summed E-state index contributed by atoms with van der Waals surface area (Å²) >= 11 is 1.95. The monoisotopic (exact) mass is 424 g/mol. The minimum atomic E-state index is 0.0220. The van der Waals surface area contributed by atoms with Gasteiger partial charge in [-0.05, 0) is 50.7 Å². The van der Waals surface area contributed by atoms with Gasteiger partial charge in [-0.2, -0.15) is 0 Å². The fourth-order valence-corrected chi connectivity index (χ4v) is 6.20. The molecule has 1 aliphatic carbocycles. The van der Waals surface area contributed by atoms with Crippen molar-refractivity contribution in [2.75, 3.05) is 31.5 Å². The fraction of sp³-hybridized carbons (Fsp3) is 0.583. The lowest BCUT2D eigenvalue weighted by Crippen LogP contribution is -2.41. The maximum atomic E-state index is 12.7. The van der Waals surface area contributed by atoms with E-state index in [1.807, 2.05) is 47.4 Å². The SMILES string of the molecule is Cc1ccccc1NC(=O)N1CCC(c2nc3c(s2)CCN(C2CCC2)CC3)CC1. The van der Waals surface area contributed by atoms with E-state index in [0.717, 1.165) is 49.6 Å². The molecule has 2 amide bonds. The van der Waals surface area contributed by atoms with Gasteiger partial charge >= 0.3 is 6.03 Å². The van der Waals surface area contributed by atoms with Crippen LogP contribution < -0.4 is 5.32 Å². The molecule has 30 heavy (non-hydrogen) atoms. The highest BCUT2D eigenvalue weighted by molar-refractivity contribution is 7.11. The standard InChI is InChI=1S/C24H32N4OS/c1-17-5-2-3-8-20(17)26-24(29)28-13-9-18(10-14-28)23-25-21-11-15-27(19-6-4-7-19)16-12-22(21)30-23/h2-3,5,8,18-19H,4,6-7,9-16H2,1H3,(H,26,29). The van der Waals surface area contributed by atoms with E-state index in [0.29, 0.717) is 5.92 Å². The molecule has 2 aromatic rings. The first kappa shape index (κ1) is 20.0. The van der Waals surface area contributed by atoms with Crippen molar-refractivity contribution in [1.29, 1.82) is 0 Å². The summed E-state index contributed by atoms with van der Waals surface area (Å²) in [5, 5.41) is 4.39. The Labute approximate surface area is 183 Å². The maximum Gasteiger partial charge on any atom is 0.321 e. The summed E-state index contributed by atoms with van der Waals surface area (Å²) in [5.41, 5.74) is 3.36. The molecule has 5 rings (SSSR count). The smallest absolute Gasteiger partial charge is 0.321 e. The van der Waals surface area contributed by atoms with Crippen LogP contribution in [0.2, 0.25) is 0 Å². The zero-order valence-corrected chi connectivity index (χ0v) is 18.7. The van der Waals surface area contributed by atoms with Gasteiger partial charge in [0.2, 0.25) is 0 Å². The fourth-order valence-electron chi connectivity index (χ4n) is 4.93. The van der Waals surface area contributed by atoms with Crippen LogP contribution in [-0.4, -0.2) is 53.0 Å². The van der Waals surface area contributed by atoms with Crippen molar-refractivity contribution in [3.63, 3.8) is 0 Å². The molecule has 160 valence electrons. The predicted octanol–water partition coefficient (Wildman–Crippen LogP) is 4.82. The molecule has 0 radical (unpaired) electrons. The third kappa shape index (κ3) is 4.12. The molecule has 1 saturated carbocycles. The van der Waals surface area contributed by atoms with Gasteiger partial charge in [-0.25, -0.2) is 9.78 Å². The summed E-state index contributed by atoms with van der Waals surface area (Å²) in [5.74, 6) is 0.507. The molecular weight excluding hydrogens is 392 g/mol. The van der Waals surface area contributed by atoms with Crippen LogP contribution in [0, 0.1) is 6.92 Å². The van der Waals surface area contributed by atoms with Crippen LogP contribution >= 0.6 is 11.3 Å². The van der Waals surface area contributed by atoms with E-state index in [4.69, 9.17) is 4.98 Å². The lowest BCUT2D eigenvalue weighted by Gasteiger charge is -2.36. The highest BCUT2D eigenvalue weighted by Gasteiger charge is 2.30. The Bertz CT molecular complexity index is 873. The molecule has 2 aliphatic heterocycles. The highest BCUT2D eigenvalue weighted by atomic mass is 32.1. The number of carbonyl (C=O) groups is 1. The quantitative estimate of drug-likeness (QED) is 0.769. The average Bonchev–Trinajstić information content (AvgIpc) is 3.04. The molecule has 0 spiro atoms. The van der Waals surface area contributed by atoms with Crippen LogP contribution in [0.15, 0.2) is 24.3 Å². The number of para-hydroxylation sites is 1. The van der Waals surface area contributed by atoms with Crippen LogP contribution in [0.5, 0.6) is 0 Å². The summed E-state index contributed by atoms with van der Waals surface area (Å²) in [7, 11) is 0. The number of rotatable bonds is 3. The van der Waals surface area contributed by atoms with Crippen molar-refractivity contribution < 1.29 is 4.79 Å². The van der Waals surface area contributed by atoms with E-state index < -0.39 is 0 Å². The molecule has 0 atom stereocenters. The zero-order chi connectivity index (χ0) is 20.5. The Balaban J connectivity index is 1.16. The third-order valence-corrected chi connectivity index (χ3v) is 8.49. The van der Waals surface area contributed by atoms with Gasteiger partial charge in [0.25, 0.3) is 0 Å². The van der Waals surface area contributed by atoms with E-state index in [-0.39, 0.29) is 6.03 Å². The lowest BCUT2D eigenvalue weighted by molar-refractivity contribution is 0.133. The Morgan fingerprint density at radius 1 is 1.07 bits per heavy atom. The predicted molar refractivity (Wildman–Crippen MR) is 122 cm³/mol. The summed E-state index contributed by atoms with van der Waals surface area (Å²) in [4.78, 5) is 23.9. The first-order valence-electron chi connectivity index (χ1n) is 11.5. The number of nitrogens with one attached hydrogen (secondary N) is 1. The van der Waals surface area contributed by atoms with Crippen molar-refractivity contribution in [3.05, 3.63) is 45.4 Å². The number of benzene rings is 1. The van der Waals surface area contributed by atoms with E-state index in [2.05, 4.69) is 10.2 Å². The largest absolute Gasteiger partial charge is 0.324 e. The Morgan fingerprint density at radius 3 is 2.57 bits per heavy atom. The number of nitrogens with zero attached hydrogens (tertiary/aromatic N) is 3. The number of carbonyl (C=O) groups excluding carboxylic acids is 1. The van der Waals surface area contributed by atoms with Gasteiger partial charge in [0.1, 0.15) is 0 Å². The average molecular weight is 425 g/mol. The van der Waals surface area contributed by atoms with Crippen LogP contribution in [0.4, 0.5) is 10.5 Å². The number of fused-ring (bicyclic) bond motifs is 1. The first-order valence-corrected chi connectivity index (χ1v) is 12.3. The molecule has 3 aliphatic rings. The van der Waals surface area contributed by atoms with Crippen LogP contribution in [-0.2, 0) is 12.8 Å². The van der Waals surface area contributed by atoms with E-state index in [1.165, 1.54) is 54.4 Å². The number of amides is 2. The lowest BCUT2D eigenvalue weighted by atomic mass is 9.91. The zero-order valence-electron chi connectivity index (χ0n) is 17.9. The minimum Gasteiger partial charge on any atom is -0.324 e. The Kier molecular flexibility index (Phi) is 5.79. The number of hydrogen-bond acceptors (Lipinski definition) is 4. The van der Waals surface area contributed by atoms with Crippen LogP contribution in [0.3, 0.4) is 0 Å². The van der Waals surface area contributed by atoms with Crippen molar-refractivity contribution in [2.24, 2.45) is 0 Å². The van der Waals surface area contributed by atoms with Crippen molar-refractivity contribution in [3.8, 4) is 0 Å². The number of anilines is 1. The van der Waals surface area contributed by atoms with Crippen LogP contribution in [0.1, 0.15) is 59.2 Å². The molecule has 6 heteroatoms. The Morgan fingerprint density at radius 2 is 1.83 bits per heavy atom. The number of hydrogen-bond donors (Lipinski definition) is 1. The first-order chi connectivity index (χ1) is 14.7. The van der Waals surface area contributed by atoms with Gasteiger partial charge in [0.15, 0.2) is 0 Å². The molecular formula is C24H32N4OS. The van der Waals surface area contributed by atoms with E-state index in [9.17, 15) is 4.79 Å². The van der Waals surface area contributed by atoms with Crippen molar-refractivity contribution in [1.82, 2.24) is 14.8 Å². The second-order valence-corrected chi connectivity index (χ2v) is 10.2. The number of thiazole rings is 1. The van der Waals surface area contributed by atoms with Crippen molar-refractivity contribution >= 4 is 23.1 Å². The summed E-state index contributed by atoms with van der Waals surface area (Å²) in [6.07, 6.45) is 8.50. The Hall–Kier alpha value is -1.92. The van der Waals surface area contributed by atoms with Gasteiger partial charge in [-0.15, -0.1) is 11.3 Å². The molecule has 2 fully saturated rings. The van der Waals surface area contributed by atoms with Gasteiger partial charge < -0.3 is 10.2 Å². The number of aryl methyl sites for hydroxylation is 1. The molecule has 3 heterocycles. The molecule has 1 aromatic carbocycles. The second kappa shape index (κ2) is 8.67. The second-order valence-electron chi connectivity index (χ2n) is 9.05. The maximum absolute atomic E-state index is 12.7. The van der Waals surface area contributed by atoms with E-state index >= 15 is 0 Å². The normalized spacial score (nSPS) is 21.0. The summed E-state index contributed by atoms with van der Waals surface area (Å²) in [6, 6.07) is 8.82. The topological polar surface area (TPSA) is 48.5 Å². The molecule has 0 unspecified atom stereocenters. The van der Waals surface area contributed by atoms with Gasteiger partial charge in [0.05, 0.1) is 10.7 Å². The third-order valence-electron chi connectivity index (χ3n) is 7.17.